The fraction of sp³-hybridized carbons (Fsp3) is 0.500. The molecule has 0 aliphatic carbocycles. The van der Waals surface area contributed by atoms with E-state index in [9.17, 15) is 19.5 Å². The summed E-state index contributed by atoms with van der Waals surface area (Å²) in [6, 6.07) is -0.884. The molecule has 210 valence electrons. The van der Waals surface area contributed by atoms with Gasteiger partial charge in [0, 0.05) is 29.6 Å². The van der Waals surface area contributed by atoms with Crippen LogP contribution in [0.15, 0.2) is 10.3 Å². The number of nitrogens with one attached hydrogen (secondary N) is 1. The minimum Gasteiger partial charge on any atom is -0.481 e. The molecule has 2 amide bonds. The molecule has 2 aromatic heterocycles. The van der Waals surface area contributed by atoms with Crippen molar-refractivity contribution in [2.75, 3.05) is 47.6 Å². The van der Waals surface area contributed by atoms with E-state index in [1.165, 1.54) is 28.4 Å². The predicted octanol–water partition coefficient (Wildman–Crippen LogP) is -1.43. The summed E-state index contributed by atoms with van der Waals surface area (Å²) in [6.07, 6.45) is 0. The lowest BCUT2D eigenvalue weighted by Crippen LogP contribution is -2.74. The summed E-state index contributed by atoms with van der Waals surface area (Å²) in [5.41, 5.74) is 22.1. The molecular weight excluding hydrogens is 570 g/mol. The fourth-order valence-corrected chi connectivity index (χ4v) is 7.36. The van der Waals surface area contributed by atoms with Crippen LogP contribution < -0.4 is 32.8 Å². The molecule has 0 bridgehead atoms. The number of thioether (sulfide) groups is 2. The maximum absolute atomic E-state index is 13.0. The van der Waals surface area contributed by atoms with Gasteiger partial charge in [-0.25, -0.2) is 4.57 Å². The summed E-state index contributed by atoms with van der Waals surface area (Å²) in [7, 11) is 0. The highest BCUT2D eigenvalue weighted by atomic mass is 32.2. The first-order valence-corrected chi connectivity index (χ1v) is 14.5. The van der Waals surface area contributed by atoms with E-state index >= 15 is 0 Å². The molecule has 0 aromatic carbocycles. The number of hydrogen-bond acceptors (Lipinski definition) is 15. The fourth-order valence-electron chi connectivity index (χ4n) is 3.98. The zero-order valence-electron chi connectivity index (χ0n) is 21.0. The molecule has 10 N–H and O–H groups in total. The zero-order valence-corrected chi connectivity index (χ0v) is 23.4. The van der Waals surface area contributed by atoms with Gasteiger partial charge >= 0.3 is 11.1 Å². The van der Waals surface area contributed by atoms with Crippen molar-refractivity contribution in [1.82, 2.24) is 24.6 Å². The SMILES string of the molecule is CCON=C(C(=O)NC1C(=O)N2CC(CSc3nc(N)c(N)c(N)[n+]3CC)(C(=O)O)CS[C@H]12)c1nsc(N)n1. The Balaban J connectivity index is 1.47. The van der Waals surface area contributed by atoms with E-state index in [-0.39, 0.29) is 58.6 Å². The second-order valence-electron chi connectivity index (χ2n) is 8.63. The van der Waals surface area contributed by atoms with E-state index in [4.69, 9.17) is 27.8 Å². The Morgan fingerprint density at radius 2 is 2.05 bits per heavy atom. The number of carboxylic acids is 1. The van der Waals surface area contributed by atoms with Crippen LogP contribution in [0.2, 0.25) is 0 Å². The Morgan fingerprint density at radius 3 is 2.67 bits per heavy atom. The summed E-state index contributed by atoms with van der Waals surface area (Å²) >= 11 is 3.33. The minimum absolute atomic E-state index is 0.0211. The van der Waals surface area contributed by atoms with Crippen LogP contribution >= 0.6 is 35.1 Å². The van der Waals surface area contributed by atoms with E-state index in [1.54, 1.807) is 11.5 Å². The van der Waals surface area contributed by atoms with Crippen LogP contribution in [0.3, 0.4) is 0 Å². The molecule has 16 nitrogen and oxygen atoms in total. The van der Waals surface area contributed by atoms with Crippen molar-refractivity contribution in [3.63, 3.8) is 0 Å². The van der Waals surface area contributed by atoms with Gasteiger partial charge in [0.25, 0.3) is 5.91 Å². The second kappa shape index (κ2) is 11.3. The van der Waals surface area contributed by atoms with E-state index < -0.39 is 34.6 Å². The zero-order chi connectivity index (χ0) is 28.5. The number of oxime groups is 1. The molecule has 3 atom stereocenters. The highest BCUT2D eigenvalue weighted by molar-refractivity contribution is 8.00. The summed E-state index contributed by atoms with van der Waals surface area (Å²) in [5, 5.41) is 16.7. The highest BCUT2D eigenvalue weighted by Gasteiger charge is 2.57. The van der Waals surface area contributed by atoms with Gasteiger partial charge in [-0.3, -0.25) is 14.4 Å². The summed E-state index contributed by atoms with van der Waals surface area (Å²) < 4.78 is 5.64. The van der Waals surface area contributed by atoms with Gasteiger partial charge in [0.05, 0.1) is 6.54 Å². The maximum atomic E-state index is 13.0. The van der Waals surface area contributed by atoms with Crippen LogP contribution in [-0.2, 0) is 25.8 Å². The number of nitrogens with zero attached hydrogens (tertiary/aromatic N) is 6. The summed E-state index contributed by atoms with van der Waals surface area (Å²) in [4.78, 5) is 53.2. The number of anilines is 4. The first-order chi connectivity index (χ1) is 18.5. The monoisotopic (exact) mass is 598 g/mol. The summed E-state index contributed by atoms with van der Waals surface area (Å²) in [6.45, 7) is 4.14. The lowest BCUT2D eigenvalue weighted by atomic mass is 9.89. The standard InChI is InChI=1S/C20H27N11O5S3/c1-3-30-12(23)8(21)11(22)26-19(30)38-7-20(17(34)35)5-31-15(33)10(16(31)37-6-20)25-14(32)9(28-36-4-2)13-27-18(24)39-29-13/h10,16H,3-7H2,1-2H3,(H9,21,22,23,24,25,27,28,29,32,34,35)/p+1/t10?,16-,20?/m1/s1. The van der Waals surface area contributed by atoms with Gasteiger partial charge in [-0.2, -0.15) is 9.36 Å². The lowest BCUT2D eigenvalue weighted by molar-refractivity contribution is -0.719. The molecule has 2 aliphatic heterocycles. The molecule has 0 radical (unpaired) electrons. The van der Waals surface area contributed by atoms with Crippen molar-refractivity contribution in [1.29, 1.82) is 0 Å². The number of nitrogen functional groups attached to an aromatic ring is 4. The van der Waals surface area contributed by atoms with Crippen LogP contribution in [0.4, 0.5) is 22.5 Å². The van der Waals surface area contributed by atoms with Gasteiger partial charge in [0.15, 0.2) is 10.8 Å². The Labute approximate surface area is 235 Å². The molecule has 2 fully saturated rings. The second-order valence-corrected chi connectivity index (χ2v) is 11.5. The largest absolute Gasteiger partial charge is 0.481 e. The highest BCUT2D eigenvalue weighted by Crippen LogP contribution is 2.44. The average Bonchev–Trinajstić information content (AvgIpc) is 3.34. The molecular formula is C20H28N11O5S3+. The number of rotatable bonds is 10. The third-order valence-corrected chi connectivity index (χ3v) is 9.52. The van der Waals surface area contributed by atoms with Gasteiger partial charge in [0.1, 0.15) is 23.4 Å². The number of nitrogens with two attached hydrogens (primary N) is 4. The van der Waals surface area contributed by atoms with Crippen LogP contribution in [0, 0.1) is 5.41 Å². The smallest absolute Gasteiger partial charge is 0.313 e. The third-order valence-electron chi connectivity index (χ3n) is 6.12. The maximum Gasteiger partial charge on any atom is 0.313 e. The van der Waals surface area contributed by atoms with Gasteiger partial charge in [-0.05, 0) is 13.8 Å². The Hall–Kier alpha value is -3.58. The van der Waals surface area contributed by atoms with E-state index in [0.717, 1.165) is 11.5 Å². The number of aliphatic carboxylic acids is 1. The lowest BCUT2D eigenvalue weighted by Gasteiger charge is -2.53. The van der Waals surface area contributed by atoms with Gasteiger partial charge < -0.3 is 43.1 Å². The van der Waals surface area contributed by atoms with Crippen LogP contribution in [0.5, 0.6) is 0 Å². The quantitative estimate of drug-likeness (QED) is 0.0458. The number of β-lactam (4-membered cyclic amide) rings is 1. The molecule has 2 aromatic rings. The molecule has 4 rings (SSSR count). The number of fused-ring (bicyclic) bond motifs is 1. The molecule has 39 heavy (non-hydrogen) atoms. The number of amides is 2. The van der Waals surface area contributed by atoms with Crippen molar-refractivity contribution < 1.29 is 28.9 Å². The van der Waals surface area contributed by atoms with Crippen molar-refractivity contribution >= 4 is 81.0 Å². The predicted molar refractivity (Wildman–Crippen MR) is 147 cm³/mol. The molecule has 4 heterocycles. The van der Waals surface area contributed by atoms with Crippen molar-refractivity contribution in [3.05, 3.63) is 5.82 Å². The molecule has 2 saturated heterocycles. The molecule has 0 saturated carbocycles. The molecule has 2 aliphatic rings. The summed E-state index contributed by atoms with van der Waals surface area (Å²) in [5.74, 6) is -1.62. The first kappa shape index (κ1) is 28.4. The van der Waals surface area contributed by atoms with Crippen molar-refractivity contribution in [2.24, 2.45) is 10.6 Å². The normalized spacial score (nSPS) is 22.7. The Kier molecular flexibility index (Phi) is 8.21. The first-order valence-electron chi connectivity index (χ1n) is 11.7. The van der Waals surface area contributed by atoms with E-state index in [2.05, 4.69) is 24.8 Å². The van der Waals surface area contributed by atoms with Gasteiger partial charge in [-0.1, -0.05) is 21.9 Å². The van der Waals surface area contributed by atoms with Gasteiger partial charge in [-0.15, -0.1) is 11.8 Å². The van der Waals surface area contributed by atoms with E-state index in [1.807, 2.05) is 6.92 Å². The topological polar surface area (TPSA) is 255 Å². The number of carbonyl (C=O) groups is 3. The molecule has 0 spiro atoms. The molecule has 2 unspecified atom stereocenters. The van der Waals surface area contributed by atoms with Gasteiger partial charge in [0.2, 0.25) is 29.1 Å². The average molecular weight is 599 g/mol. The Morgan fingerprint density at radius 1 is 1.31 bits per heavy atom. The number of carbonyl (C=O) groups excluding carboxylic acids is 2. The third kappa shape index (κ3) is 5.33. The Bertz CT molecular complexity index is 1340. The minimum atomic E-state index is -1.28. The van der Waals surface area contributed by atoms with Crippen LogP contribution in [0.1, 0.15) is 19.7 Å². The number of hydrogen-bond donors (Lipinski definition) is 6. The number of carboxylic acid groups (broad SMARTS) is 1. The van der Waals surface area contributed by atoms with Crippen molar-refractivity contribution in [2.45, 2.75) is 37.0 Å². The van der Waals surface area contributed by atoms with E-state index in [0.29, 0.717) is 11.7 Å². The number of aromatic nitrogens is 4. The van der Waals surface area contributed by atoms with Crippen LogP contribution in [0.25, 0.3) is 0 Å². The van der Waals surface area contributed by atoms with Crippen molar-refractivity contribution in [3.8, 4) is 0 Å². The molecule has 19 heteroatoms. The van der Waals surface area contributed by atoms with Crippen LogP contribution in [-0.4, -0.2) is 83.9 Å².